The zero-order chi connectivity index (χ0) is 11.5. The molecule has 2 aromatic heterocycles. The summed E-state index contributed by atoms with van der Waals surface area (Å²) in [7, 11) is 1.59. The molecule has 5 heteroatoms. The number of nitrogens with zero attached hydrogens (tertiary/aromatic N) is 2. The number of H-pyrrole nitrogens is 1. The summed E-state index contributed by atoms with van der Waals surface area (Å²) in [5.41, 5.74) is 2.93. The van der Waals surface area contributed by atoms with Gasteiger partial charge in [-0.3, -0.25) is 0 Å². The predicted molar refractivity (Wildman–Crippen MR) is 63.9 cm³/mol. The Morgan fingerprint density at radius 2 is 2.06 bits per heavy atom. The number of aromatic amines is 1. The molecule has 0 aliphatic rings. The van der Waals surface area contributed by atoms with Gasteiger partial charge in [0.25, 0.3) is 0 Å². The van der Waals surface area contributed by atoms with Crippen LogP contribution in [0.5, 0.6) is 5.88 Å². The van der Waals surface area contributed by atoms with E-state index in [2.05, 4.69) is 15.0 Å². The molecule has 16 heavy (non-hydrogen) atoms. The van der Waals surface area contributed by atoms with E-state index in [9.17, 15) is 0 Å². The molecule has 82 valence electrons. The van der Waals surface area contributed by atoms with Crippen molar-refractivity contribution in [3.63, 3.8) is 0 Å². The summed E-state index contributed by atoms with van der Waals surface area (Å²) in [6, 6.07) is 3.74. The van der Waals surface area contributed by atoms with E-state index in [4.69, 9.17) is 17.0 Å². The first-order valence-corrected chi connectivity index (χ1v) is 5.18. The molecule has 0 aliphatic carbocycles. The summed E-state index contributed by atoms with van der Waals surface area (Å²) in [5.74, 6) is 0.592. The smallest absolute Gasteiger partial charge is 0.212 e. The predicted octanol–water partition coefficient (Wildman–Crippen LogP) is 2.52. The van der Waals surface area contributed by atoms with Crippen molar-refractivity contribution in [2.75, 3.05) is 7.11 Å². The number of ether oxygens (including phenoxy) is 1. The van der Waals surface area contributed by atoms with Crippen LogP contribution in [-0.4, -0.2) is 22.1 Å². The minimum absolute atomic E-state index is 0.469. The summed E-state index contributed by atoms with van der Waals surface area (Å²) in [6.45, 7) is 1.97. The van der Waals surface area contributed by atoms with E-state index in [1.54, 1.807) is 19.5 Å². The molecule has 2 rings (SSSR count). The van der Waals surface area contributed by atoms with Gasteiger partial charge in [-0.15, -0.1) is 0 Å². The lowest BCUT2D eigenvalue weighted by atomic mass is 10.1. The SMILES string of the molecule is COc1ccc(-c2[nH]c(=S)ncc2C)cn1. The maximum absolute atomic E-state index is 5.00. The zero-order valence-corrected chi connectivity index (χ0v) is 9.84. The molecule has 1 N–H and O–H groups in total. The molecule has 0 saturated heterocycles. The molecule has 0 amide bonds. The lowest BCUT2D eigenvalue weighted by molar-refractivity contribution is 0.398. The van der Waals surface area contributed by atoms with Crippen LogP contribution in [0.15, 0.2) is 24.5 Å². The third-order valence-electron chi connectivity index (χ3n) is 2.24. The van der Waals surface area contributed by atoms with E-state index in [0.717, 1.165) is 16.8 Å². The summed E-state index contributed by atoms with van der Waals surface area (Å²) in [6.07, 6.45) is 3.49. The number of rotatable bonds is 2. The summed E-state index contributed by atoms with van der Waals surface area (Å²) in [5, 5.41) is 0. The molecular weight excluding hydrogens is 222 g/mol. The lowest BCUT2D eigenvalue weighted by Gasteiger charge is -2.05. The summed E-state index contributed by atoms with van der Waals surface area (Å²) < 4.78 is 5.47. The zero-order valence-electron chi connectivity index (χ0n) is 9.02. The van der Waals surface area contributed by atoms with Gasteiger partial charge >= 0.3 is 0 Å². The Balaban J connectivity index is 2.50. The Kier molecular flexibility index (Phi) is 2.96. The first-order valence-electron chi connectivity index (χ1n) is 4.77. The van der Waals surface area contributed by atoms with Crippen molar-refractivity contribution in [1.29, 1.82) is 0 Å². The van der Waals surface area contributed by atoms with Crippen LogP contribution in [0.3, 0.4) is 0 Å². The standard InChI is InChI=1S/C11H11N3OS/c1-7-5-13-11(16)14-10(7)8-3-4-9(15-2)12-6-8/h3-6H,1-2H3,(H,13,14,16). The number of pyridine rings is 1. The second-order valence-corrected chi connectivity index (χ2v) is 3.72. The fourth-order valence-electron chi connectivity index (χ4n) is 1.41. The van der Waals surface area contributed by atoms with Gasteiger partial charge in [0.2, 0.25) is 5.88 Å². The maximum Gasteiger partial charge on any atom is 0.212 e. The molecular formula is C11H11N3OS. The van der Waals surface area contributed by atoms with Crippen LogP contribution in [-0.2, 0) is 0 Å². The van der Waals surface area contributed by atoms with Crippen LogP contribution in [0.4, 0.5) is 0 Å². The van der Waals surface area contributed by atoms with Gasteiger partial charge in [0, 0.05) is 24.0 Å². The Morgan fingerprint density at radius 3 is 2.69 bits per heavy atom. The molecule has 0 radical (unpaired) electrons. The number of methoxy groups -OCH3 is 1. The molecule has 4 nitrogen and oxygen atoms in total. The first-order chi connectivity index (χ1) is 7.70. The monoisotopic (exact) mass is 233 g/mol. The highest BCUT2D eigenvalue weighted by molar-refractivity contribution is 7.71. The van der Waals surface area contributed by atoms with Crippen LogP contribution in [0.1, 0.15) is 5.56 Å². The van der Waals surface area contributed by atoms with E-state index < -0.39 is 0 Å². The van der Waals surface area contributed by atoms with Crippen LogP contribution in [0.25, 0.3) is 11.3 Å². The molecule has 0 spiro atoms. The third-order valence-corrected chi connectivity index (χ3v) is 2.44. The quantitative estimate of drug-likeness (QED) is 0.810. The molecule has 0 atom stereocenters. The van der Waals surface area contributed by atoms with Crippen molar-refractivity contribution in [3.8, 4) is 17.1 Å². The van der Waals surface area contributed by atoms with Crippen molar-refractivity contribution in [1.82, 2.24) is 15.0 Å². The van der Waals surface area contributed by atoms with Gasteiger partial charge in [0.15, 0.2) is 4.77 Å². The van der Waals surface area contributed by atoms with Gasteiger partial charge in [-0.25, -0.2) is 9.97 Å². The van der Waals surface area contributed by atoms with Crippen LogP contribution in [0, 0.1) is 11.7 Å². The number of hydrogen-bond donors (Lipinski definition) is 1. The van der Waals surface area contributed by atoms with E-state index >= 15 is 0 Å². The van der Waals surface area contributed by atoms with Gasteiger partial charge in [-0.1, -0.05) is 0 Å². The fraction of sp³-hybridized carbons (Fsp3) is 0.182. The van der Waals surface area contributed by atoms with Gasteiger partial charge in [0.05, 0.1) is 12.8 Å². The normalized spacial score (nSPS) is 10.1. The van der Waals surface area contributed by atoms with E-state index in [-0.39, 0.29) is 0 Å². The average molecular weight is 233 g/mol. The molecule has 0 saturated carbocycles. The number of aryl methyl sites for hydroxylation is 1. The van der Waals surface area contributed by atoms with Crippen LogP contribution >= 0.6 is 12.2 Å². The fourth-order valence-corrected chi connectivity index (χ4v) is 1.56. The van der Waals surface area contributed by atoms with Crippen molar-refractivity contribution < 1.29 is 4.74 Å². The van der Waals surface area contributed by atoms with E-state index in [0.29, 0.717) is 10.7 Å². The maximum atomic E-state index is 5.00. The van der Waals surface area contributed by atoms with Gasteiger partial charge in [-0.2, -0.15) is 0 Å². The van der Waals surface area contributed by atoms with E-state index in [1.807, 2.05) is 19.1 Å². The molecule has 2 heterocycles. The van der Waals surface area contributed by atoms with Crippen molar-refractivity contribution >= 4 is 12.2 Å². The molecule has 0 aliphatic heterocycles. The highest BCUT2D eigenvalue weighted by Gasteiger charge is 2.03. The topological polar surface area (TPSA) is 50.8 Å². The minimum Gasteiger partial charge on any atom is -0.481 e. The van der Waals surface area contributed by atoms with Crippen molar-refractivity contribution in [2.45, 2.75) is 6.92 Å². The highest BCUT2D eigenvalue weighted by atomic mass is 32.1. The van der Waals surface area contributed by atoms with Crippen LogP contribution in [0.2, 0.25) is 0 Å². The third kappa shape index (κ3) is 2.09. The van der Waals surface area contributed by atoms with Gasteiger partial charge in [0.1, 0.15) is 0 Å². The lowest BCUT2D eigenvalue weighted by Crippen LogP contribution is -1.93. The van der Waals surface area contributed by atoms with Gasteiger partial charge < -0.3 is 9.72 Å². The molecule has 0 aromatic carbocycles. The minimum atomic E-state index is 0.469. The Hall–Kier alpha value is -1.75. The Bertz CT molecular complexity index is 548. The number of nitrogens with one attached hydrogen (secondary N) is 1. The Labute approximate surface area is 98.3 Å². The average Bonchev–Trinajstić information content (AvgIpc) is 2.32. The largest absolute Gasteiger partial charge is 0.481 e. The second-order valence-electron chi connectivity index (χ2n) is 3.34. The van der Waals surface area contributed by atoms with Gasteiger partial charge in [-0.05, 0) is 30.8 Å². The van der Waals surface area contributed by atoms with Crippen LogP contribution < -0.4 is 4.74 Å². The number of hydrogen-bond acceptors (Lipinski definition) is 4. The Morgan fingerprint density at radius 1 is 1.25 bits per heavy atom. The van der Waals surface area contributed by atoms with Crippen molar-refractivity contribution in [3.05, 3.63) is 34.9 Å². The molecule has 0 bridgehead atoms. The van der Waals surface area contributed by atoms with Crippen molar-refractivity contribution in [2.24, 2.45) is 0 Å². The highest BCUT2D eigenvalue weighted by Crippen LogP contribution is 2.20. The molecule has 0 fully saturated rings. The second kappa shape index (κ2) is 4.40. The van der Waals surface area contributed by atoms with E-state index in [1.165, 1.54) is 0 Å². The molecule has 0 unspecified atom stereocenters. The first kappa shape index (κ1) is 10.8. The number of aromatic nitrogens is 3. The summed E-state index contributed by atoms with van der Waals surface area (Å²) in [4.78, 5) is 11.2. The molecule has 2 aromatic rings. The summed E-state index contributed by atoms with van der Waals surface area (Å²) >= 11 is 5.00.